The van der Waals surface area contributed by atoms with Crippen molar-refractivity contribution in [1.29, 1.82) is 0 Å². The van der Waals surface area contributed by atoms with Crippen LogP contribution in [0.5, 0.6) is 0 Å². The molecule has 12 nitrogen and oxygen atoms in total. The second kappa shape index (κ2) is 11.5. The summed E-state index contributed by atoms with van der Waals surface area (Å²) < 4.78 is 13.0. The highest BCUT2D eigenvalue weighted by molar-refractivity contribution is 5.82. The summed E-state index contributed by atoms with van der Waals surface area (Å²) >= 11 is 0. The number of ether oxygens (including phenoxy) is 2. The summed E-state index contributed by atoms with van der Waals surface area (Å²) in [5, 5.41) is 25.3. The Morgan fingerprint density at radius 1 is 1.27 bits per heavy atom. The zero-order valence-electron chi connectivity index (χ0n) is 19.7. The Morgan fingerprint density at radius 3 is 2.79 bits per heavy atom. The summed E-state index contributed by atoms with van der Waals surface area (Å²) in [5.41, 5.74) is 6.88. The number of fused-ring (bicyclic) bond motifs is 1. The lowest BCUT2D eigenvalue weighted by Crippen LogP contribution is -2.38. The van der Waals surface area contributed by atoms with Gasteiger partial charge in [0.1, 0.15) is 37.1 Å². The number of nitrogen functional groups attached to an aromatic ring is 1. The maximum Gasteiger partial charge on any atom is 0.222 e. The van der Waals surface area contributed by atoms with Crippen LogP contribution in [-0.2, 0) is 20.7 Å². The second-order valence-corrected chi connectivity index (χ2v) is 8.07. The lowest BCUT2D eigenvalue weighted by Gasteiger charge is -2.22. The number of unbranched alkanes of at least 4 members (excludes halogenated alkanes) is 1. The summed E-state index contributed by atoms with van der Waals surface area (Å²) in [4.78, 5) is 20.1. The third-order valence-corrected chi connectivity index (χ3v) is 5.55. The Kier molecular flexibility index (Phi) is 8.78. The lowest BCUT2D eigenvalue weighted by atomic mass is 10.1. The maximum atomic E-state index is 10.8. The minimum atomic E-state index is -1.12. The molecule has 2 aromatic heterocycles. The van der Waals surface area contributed by atoms with Gasteiger partial charge in [-0.15, -0.1) is 0 Å². The van der Waals surface area contributed by atoms with Crippen molar-refractivity contribution in [2.75, 3.05) is 39.1 Å². The van der Waals surface area contributed by atoms with Crippen LogP contribution in [0.1, 0.15) is 45.7 Å². The third kappa shape index (κ3) is 5.88. The van der Waals surface area contributed by atoms with Gasteiger partial charge in [-0.1, -0.05) is 12.1 Å². The molecule has 0 saturated carbocycles. The maximum absolute atomic E-state index is 10.8. The van der Waals surface area contributed by atoms with Crippen LogP contribution in [0.15, 0.2) is 11.5 Å². The smallest absolute Gasteiger partial charge is 0.222 e. The first-order valence-corrected chi connectivity index (χ1v) is 11.3. The number of aryl methyl sites for hydroxylation is 1. The van der Waals surface area contributed by atoms with Crippen LogP contribution < -0.4 is 5.73 Å². The van der Waals surface area contributed by atoms with Crippen LogP contribution in [0.3, 0.4) is 0 Å². The number of oxime groups is 1. The molecule has 0 aliphatic carbocycles. The lowest BCUT2D eigenvalue weighted by molar-refractivity contribution is -0.0435. The molecule has 0 amide bonds. The molecule has 2 aromatic rings. The fourth-order valence-corrected chi connectivity index (χ4v) is 3.90. The summed E-state index contributed by atoms with van der Waals surface area (Å²) in [6.45, 7) is 7.89. The molecule has 1 saturated heterocycles. The number of aromatic nitrogens is 4. The fraction of sp³-hybridized carbons (Fsp3) is 0.714. The molecule has 33 heavy (non-hydrogen) atoms. The van der Waals surface area contributed by atoms with Gasteiger partial charge in [0.15, 0.2) is 23.2 Å². The topological polar surface area (TPSA) is 153 Å². The van der Waals surface area contributed by atoms with Crippen molar-refractivity contribution in [1.82, 2.24) is 24.4 Å². The van der Waals surface area contributed by atoms with Gasteiger partial charge in [-0.05, 0) is 33.4 Å². The van der Waals surface area contributed by atoms with Gasteiger partial charge in [0, 0.05) is 19.9 Å². The number of imidazole rings is 1. The molecule has 3 rings (SSSR count). The van der Waals surface area contributed by atoms with Gasteiger partial charge in [-0.3, -0.25) is 4.57 Å². The monoisotopic (exact) mass is 465 g/mol. The van der Waals surface area contributed by atoms with E-state index in [-0.39, 0.29) is 5.82 Å². The van der Waals surface area contributed by atoms with E-state index in [1.807, 2.05) is 20.9 Å². The van der Waals surface area contributed by atoms with Crippen molar-refractivity contribution in [2.45, 2.75) is 64.6 Å². The van der Waals surface area contributed by atoms with Crippen molar-refractivity contribution in [3.05, 3.63) is 12.2 Å². The summed E-state index contributed by atoms with van der Waals surface area (Å²) in [7, 11) is 1.95. The predicted molar refractivity (Wildman–Crippen MR) is 122 cm³/mol. The van der Waals surface area contributed by atoms with Crippen molar-refractivity contribution in [3.8, 4) is 0 Å². The van der Waals surface area contributed by atoms with Crippen LogP contribution in [-0.4, -0.2) is 92.2 Å². The molecule has 1 fully saturated rings. The largest absolute Gasteiger partial charge is 0.479 e. The number of likely N-dealkylation sites (N-methyl/N-ethyl adjacent to an activating group) is 1. The molecule has 184 valence electrons. The molecule has 1 aliphatic heterocycles. The normalized spacial score (nSPS) is 23.5. The molecule has 0 radical (unpaired) electrons. The molecule has 1 aliphatic rings. The van der Waals surface area contributed by atoms with Gasteiger partial charge in [-0.25, -0.2) is 15.0 Å². The molecular weight excluding hydrogens is 430 g/mol. The standard InChI is InChI=1S/C21H35N7O5/c1-5-15-25-16-19(22)23-12-24-20(16)28(15)21-18(30)17(29)14(33-21)11-27(4)9-7-8-10-32-26-13(3)31-6-2/h12,14,17-18,21,29-30H,5-11H2,1-4H3,(H2,22,23,24)/b26-13-/t14-,17-,18-,21-/m1/s1. The van der Waals surface area contributed by atoms with E-state index in [0.29, 0.717) is 49.1 Å². The van der Waals surface area contributed by atoms with Crippen LogP contribution in [0.25, 0.3) is 11.2 Å². The first kappa shape index (κ1) is 25.1. The van der Waals surface area contributed by atoms with E-state index in [4.69, 9.17) is 20.0 Å². The van der Waals surface area contributed by atoms with E-state index in [1.54, 1.807) is 11.5 Å². The van der Waals surface area contributed by atoms with E-state index in [1.165, 1.54) is 6.33 Å². The predicted octanol–water partition coefficient (Wildman–Crippen LogP) is 0.689. The first-order chi connectivity index (χ1) is 15.9. The molecule has 12 heteroatoms. The molecule has 0 unspecified atom stereocenters. The van der Waals surface area contributed by atoms with Gasteiger partial charge in [-0.2, -0.15) is 0 Å². The Labute approximate surface area is 193 Å². The van der Waals surface area contributed by atoms with Crippen molar-refractivity contribution in [3.63, 3.8) is 0 Å². The zero-order chi connectivity index (χ0) is 24.0. The number of aliphatic hydroxyl groups is 2. The minimum Gasteiger partial charge on any atom is -0.479 e. The molecule has 0 bridgehead atoms. The van der Waals surface area contributed by atoms with Gasteiger partial charge in [0.25, 0.3) is 0 Å². The summed E-state index contributed by atoms with van der Waals surface area (Å²) in [6, 6.07) is 0. The Hall–Kier alpha value is -2.54. The van der Waals surface area contributed by atoms with E-state index in [2.05, 4.69) is 25.0 Å². The number of aliphatic hydroxyl groups excluding tert-OH is 2. The van der Waals surface area contributed by atoms with Gasteiger partial charge < -0.3 is 35.2 Å². The van der Waals surface area contributed by atoms with E-state index < -0.39 is 24.5 Å². The summed E-state index contributed by atoms with van der Waals surface area (Å²) in [6.07, 6.45) is 0.106. The Morgan fingerprint density at radius 2 is 2.06 bits per heavy atom. The highest BCUT2D eigenvalue weighted by atomic mass is 16.6. The van der Waals surface area contributed by atoms with E-state index in [9.17, 15) is 10.2 Å². The number of hydrogen-bond acceptors (Lipinski definition) is 11. The average Bonchev–Trinajstić information content (AvgIpc) is 3.29. The number of hydrogen-bond donors (Lipinski definition) is 3. The molecule has 4 N–H and O–H groups in total. The van der Waals surface area contributed by atoms with Gasteiger partial charge in [0.2, 0.25) is 5.90 Å². The van der Waals surface area contributed by atoms with E-state index >= 15 is 0 Å². The fourth-order valence-electron chi connectivity index (χ4n) is 3.90. The molecular formula is C21H35N7O5. The van der Waals surface area contributed by atoms with Crippen LogP contribution >= 0.6 is 0 Å². The Balaban J connectivity index is 1.55. The summed E-state index contributed by atoms with van der Waals surface area (Å²) in [5.74, 6) is 1.44. The molecule has 0 spiro atoms. The third-order valence-electron chi connectivity index (χ3n) is 5.55. The van der Waals surface area contributed by atoms with Crippen molar-refractivity contribution in [2.24, 2.45) is 5.16 Å². The number of nitrogens with two attached hydrogens (primary N) is 1. The van der Waals surface area contributed by atoms with Gasteiger partial charge in [0.05, 0.1) is 6.61 Å². The first-order valence-electron chi connectivity index (χ1n) is 11.3. The van der Waals surface area contributed by atoms with Crippen molar-refractivity contribution >= 4 is 22.9 Å². The molecule has 0 aromatic carbocycles. The highest BCUT2D eigenvalue weighted by Gasteiger charge is 2.45. The SMILES string of the molecule is CCO/C(C)=N\OCCCCN(C)C[C@H]1O[C@@H](n2c(CC)nc3c(N)ncnc32)[C@H](O)[C@@H]1O. The number of anilines is 1. The number of rotatable bonds is 11. The van der Waals surface area contributed by atoms with Crippen molar-refractivity contribution < 1.29 is 24.5 Å². The van der Waals surface area contributed by atoms with Crippen LogP contribution in [0.2, 0.25) is 0 Å². The van der Waals surface area contributed by atoms with Crippen LogP contribution in [0.4, 0.5) is 5.82 Å². The molecule has 4 atom stereocenters. The van der Waals surface area contributed by atoms with Gasteiger partial charge >= 0.3 is 0 Å². The number of nitrogens with zero attached hydrogens (tertiary/aromatic N) is 6. The molecule has 3 heterocycles. The zero-order valence-corrected chi connectivity index (χ0v) is 19.7. The average molecular weight is 466 g/mol. The second-order valence-electron chi connectivity index (χ2n) is 8.07. The van der Waals surface area contributed by atoms with Crippen LogP contribution in [0, 0.1) is 0 Å². The van der Waals surface area contributed by atoms with E-state index in [0.717, 1.165) is 19.4 Å². The minimum absolute atomic E-state index is 0.264. The highest BCUT2D eigenvalue weighted by Crippen LogP contribution is 2.34. The Bertz CT molecular complexity index is 937. The quantitative estimate of drug-likeness (QED) is 0.187.